The Morgan fingerprint density at radius 2 is 2.17 bits per heavy atom. The summed E-state index contributed by atoms with van der Waals surface area (Å²) in [7, 11) is 0. The van der Waals surface area contributed by atoms with Crippen molar-refractivity contribution in [1.29, 1.82) is 0 Å². The number of hydrogen-bond acceptors (Lipinski definition) is 5. The van der Waals surface area contributed by atoms with Gasteiger partial charge in [0.25, 0.3) is 0 Å². The third-order valence-corrected chi connectivity index (χ3v) is 2.58. The van der Waals surface area contributed by atoms with Crippen molar-refractivity contribution in [2.45, 2.75) is 19.6 Å². The fourth-order valence-corrected chi connectivity index (χ4v) is 1.78. The summed E-state index contributed by atoms with van der Waals surface area (Å²) in [5.74, 6) is 0.266. The summed E-state index contributed by atoms with van der Waals surface area (Å²) in [4.78, 5) is 10.5. The van der Waals surface area contributed by atoms with Crippen molar-refractivity contribution in [2.24, 2.45) is 0 Å². The van der Waals surface area contributed by atoms with E-state index in [-0.39, 0.29) is 11.4 Å². The number of rotatable bonds is 4. The lowest BCUT2D eigenvalue weighted by Crippen LogP contribution is -2.17. The Morgan fingerprint density at radius 1 is 1.44 bits per heavy atom. The Kier molecular flexibility index (Phi) is 4.11. The number of benzene rings is 1. The van der Waals surface area contributed by atoms with E-state index in [9.17, 15) is 10.1 Å². The molecular weight excluding hydrogens is 238 g/mol. The van der Waals surface area contributed by atoms with Crippen molar-refractivity contribution >= 4 is 5.69 Å². The molecule has 6 heteroatoms. The van der Waals surface area contributed by atoms with Crippen LogP contribution in [-0.2, 0) is 9.47 Å². The first-order valence-corrected chi connectivity index (χ1v) is 5.86. The summed E-state index contributed by atoms with van der Waals surface area (Å²) in [6.07, 6.45) is 0.323. The molecule has 0 N–H and O–H groups in total. The van der Waals surface area contributed by atoms with Crippen molar-refractivity contribution < 1.29 is 19.1 Å². The lowest BCUT2D eigenvalue weighted by atomic mass is 10.1. The molecule has 1 saturated heterocycles. The largest absolute Gasteiger partial charge is 0.487 e. The first kappa shape index (κ1) is 12.8. The normalized spacial score (nSPS) is 16.5. The third kappa shape index (κ3) is 2.77. The monoisotopic (exact) mass is 253 g/mol. The second kappa shape index (κ2) is 5.79. The minimum Gasteiger partial charge on any atom is -0.487 e. The van der Waals surface area contributed by atoms with Gasteiger partial charge in [0.15, 0.2) is 12.0 Å². The molecule has 0 spiro atoms. The zero-order valence-corrected chi connectivity index (χ0v) is 10.1. The highest BCUT2D eigenvalue weighted by atomic mass is 16.7. The minimum atomic E-state index is -0.520. The maximum atomic E-state index is 11.0. The van der Waals surface area contributed by atoms with Crippen LogP contribution >= 0.6 is 0 Å². The van der Waals surface area contributed by atoms with Crippen molar-refractivity contribution in [2.75, 3.05) is 19.8 Å². The standard InChI is InChI=1S/C12H15NO5/c1-2-16-11-5-4-9(8-10(11)13(14)15)12-17-6-3-7-18-12/h4-5,8,12H,2-3,6-7H2,1H3. The number of hydrogen-bond donors (Lipinski definition) is 0. The summed E-state index contributed by atoms with van der Waals surface area (Å²) >= 11 is 0. The van der Waals surface area contributed by atoms with E-state index in [2.05, 4.69) is 0 Å². The highest BCUT2D eigenvalue weighted by Gasteiger charge is 2.22. The van der Waals surface area contributed by atoms with Crippen molar-refractivity contribution in [3.05, 3.63) is 33.9 Å². The van der Waals surface area contributed by atoms with Gasteiger partial charge in [-0.05, 0) is 25.5 Å². The molecule has 1 aliphatic rings. The molecule has 0 saturated carbocycles. The van der Waals surface area contributed by atoms with Crippen LogP contribution in [0.4, 0.5) is 5.69 Å². The van der Waals surface area contributed by atoms with Crippen LogP contribution in [-0.4, -0.2) is 24.7 Å². The Morgan fingerprint density at radius 3 is 2.78 bits per heavy atom. The predicted molar refractivity (Wildman–Crippen MR) is 63.5 cm³/mol. The average molecular weight is 253 g/mol. The molecule has 2 rings (SSSR count). The molecule has 6 nitrogen and oxygen atoms in total. The molecular formula is C12H15NO5. The van der Waals surface area contributed by atoms with Gasteiger partial charge in [0.2, 0.25) is 0 Å². The Hall–Kier alpha value is -1.66. The van der Waals surface area contributed by atoms with Crippen molar-refractivity contribution in [3.63, 3.8) is 0 Å². The number of ether oxygens (including phenoxy) is 3. The van der Waals surface area contributed by atoms with Gasteiger partial charge in [0.1, 0.15) is 0 Å². The van der Waals surface area contributed by atoms with E-state index in [0.717, 1.165) is 6.42 Å². The first-order valence-electron chi connectivity index (χ1n) is 5.86. The fraction of sp³-hybridized carbons (Fsp3) is 0.500. The molecule has 0 bridgehead atoms. The summed E-state index contributed by atoms with van der Waals surface area (Å²) in [5, 5.41) is 11.0. The Bertz CT molecular complexity index is 428. The van der Waals surface area contributed by atoms with E-state index in [0.29, 0.717) is 25.4 Å². The highest BCUT2D eigenvalue weighted by Crippen LogP contribution is 2.32. The summed E-state index contributed by atoms with van der Waals surface area (Å²) in [6.45, 7) is 3.37. The molecule has 0 aliphatic carbocycles. The molecule has 18 heavy (non-hydrogen) atoms. The van der Waals surface area contributed by atoms with E-state index < -0.39 is 11.2 Å². The van der Waals surface area contributed by atoms with Crippen LogP contribution in [0.1, 0.15) is 25.2 Å². The van der Waals surface area contributed by atoms with Gasteiger partial charge in [0, 0.05) is 11.6 Å². The molecule has 0 radical (unpaired) electrons. The molecule has 1 aromatic rings. The molecule has 1 heterocycles. The van der Waals surface area contributed by atoms with Crippen molar-refractivity contribution in [3.8, 4) is 5.75 Å². The zero-order valence-electron chi connectivity index (χ0n) is 10.1. The highest BCUT2D eigenvalue weighted by molar-refractivity contribution is 5.49. The topological polar surface area (TPSA) is 70.8 Å². The fourth-order valence-electron chi connectivity index (χ4n) is 1.78. The van der Waals surface area contributed by atoms with Gasteiger partial charge >= 0.3 is 5.69 Å². The van der Waals surface area contributed by atoms with Crippen LogP contribution in [0, 0.1) is 10.1 Å². The van der Waals surface area contributed by atoms with Crippen LogP contribution in [0.3, 0.4) is 0 Å². The molecule has 1 fully saturated rings. The van der Waals surface area contributed by atoms with Gasteiger partial charge in [-0.15, -0.1) is 0 Å². The van der Waals surface area contributed by atoms with Gasteiger partial charge in [-0.1, -0.05) is 0 Å². The maximum Gasteiger partial charge on any atom is 0.311 e. The quantitative estimate of drug-likeness (QED) is 0.608. The second-order valence-electron chi connectivity index (χ2n) is 3.84. The average Bonchev–Trinajstić information content (AvgIpc) is 2.40. The van der Waals surface area contributed by atoms with E-state index in [1.807, 2.05) is 0 Å². The molecule has 0 atom stereocenters. The third-order valence-electron chi connectivity index (χ3n) is 2.58. The van der Waals surface area contributed by atoms with Crippen LogP contribution in [0.25, 0.3) is 0 Å². The number of nitrogens with zero attached hydrogens (tertiary/aromatic N) is 1. The SMILES string of the molecule is CCOc1ccc(C2OCCCO2)cc1[N+](=O)[O-]. The van der Waals surface area contributed by atoms with E-state index in [4.69, 9.17) is 14.2 Å². The van der Waals surface area contributed by atoms with Gasteiger partial charge in [-0.2, -0.15) is 0 Å². The number of nitro groups is 1. The summed E-state index contributed by atoms with van der Waals surface area (Å²) in [6, 6.07) is 4.76. The molecule has 1 aliphatic heterocycles. The summed E-state index contributed by atoms with van der Waals surface area (Å²) < 4.78 is 16.0. The molecule has 0 unspecified atom stereocenters. The molecule has 1 aromatic carbocycles. The summed E-state index contributed by atoms with van der Waals surface area (Å²) in [5.41, 5.74) is 0.581. The van der Waals surface area contributed by atoms with E-state index in [1.54, 1.807) is 19.1 Å². The molecule has 0 amide bonds. The van der Waals surface area contributed by atoms with E-state index >= 15 is 0 Å². The van der Waals surface area contributed by atoms with E-state index in [1.165, 1.54) is 6.07 Å². The molecule has 0 aromatic heterocycles. The van der Waals surface area contributed by atoms with Crippen molar-refractivity contribution in [1.82, 2.24) is 0 Å². The predicted octanol–water partition coefficient (Wildman–Crippen LogP) is 2.43. The van der Waals surface area contributed by atoms with Gasteiger partial charge in [0.05, 0.1) is 24.7 Å². The minimum absolute atomic E-state index is 0.0628. The smallest absolute Gasteiger partial charge is 0.311 e. The Balaban J connectivity index is 2.27. The van der Waals surface area contributed by atoms with Gasteiger partial charge in [-0.3, -0.25) is 10.1 Å². The maximum absolute atomic E-state index is 11.0. The second-order valence-corrected chi connectivity index (χ2v) is 3.84. The molecule has 98 valence electrons. The number of nitro benzene ring substituents is 1. The van der Waals surface area contributed by atoms with Crippen LogP contribution in [0.15, 0.2) is 18.2 Å². The zero-order chi connectivity index (χ0) is 13.0. The van der Waals surface area contributed by atoms with Crippen LogP contribution < -0.4 is 4.74 Å². The lowest BCUT2D eigenvalue weighted by molar-refractivity contribution is -0.386. The first-order chi connectivity index (χ1) is 8.72. The van der Waals surface area contributed by atoms with Gasteiger partial charge in [-0.25, -0.2) is 0 Å². The lowest BCUT2D eigenvalue weighted by Gasteiger charge is -2.23. The van der Waals surface area contributed by atoms with Crippen LogP contribution in [0.2, 0.25) is 0 Å². The Labute approximate surface area is 105 Å². The van der Waals surface area contributed by atoms with Crippen LogP contribution in [0.5, 0.6) is 5.75 Å². The van der Waals surface area contributed by atoms with Gasteiger partial charge < -0.3 is 14.2 Å².